The number of nitrogens with one attached hydrogen (secondary N) is 1. The third kappa shape index (κ3) is 7.41. The fourth-order valence-corrected chi connectivity index (χ4v) is 7.61. The summed E-state index contributed by atoms with van der Waals surface area (Å²) in [4.78, 5) is 31.9. The average molecular weight is 682 g/mol. The molecule has 3 aromatic carbocycles. The Hall–Kier alpha value is -4.63. The van der Waals surface area contributed by atoms with E-state index >= 15 is 4.39 Å². The number of halogens is 3. The number of anilines is 1. The molecule has 4 aromatic rings. The van der Waals surface area contributed by atoms with E-state index in [0.29, 0.717) is 11.4 Å². The van der Waals surface area contributed by atoms with Gasteiger partial charge in [0.25, 0.3) is 5.91 Å². The Morgan fingerprint density at radius 1 is 1.00 bits per heavy atom. The fraction of sp³-hybridized carbons (Fsp3) is 0.265. The van der Waals surface area contributed by atoms with E-state index < -0.39 is 57.5 Å². The molecule has 252 valence electrons. The van der Waals surface area contributed by atoms with E-state index in [1.165, 1.54) is 52.8 Å². The molecule has 1 aliphatic rings. The molecule has 0 unspecified atom stereocenters. The molecule has 0 aliphatic carbocycles. The van der Waals surface area contributed by atoms with Gasteiger partial charge >= 0.3 is 6.09 Å². The predicted molar refractivity (Wildman–Crippen MR) is 172 cm³/mol. The van der Waals surface area contributed by atoms with Crippen molar-refractivity contribution in [3.05, 3.63) is 125 Å². The van der Waals surface area contributed by atoms with Crippen LogP contribution in [0, 0.1) is 17.5 Å². The lowest BCUT2D eigenvalue weighted by Crippen LogP contribution is -2.53. The minimum absolute atomic E-state index is 0.105. The van der Waals surface area contributed by atoms with Crippen molar-refractivity contribution >= 4 is 27.7 Å². The van der Waals surface area contributed by atoms with Crippen LogP contribution in [-0.2, 0) is 26.0 Å². The van der Waals surface area contributed by atoms with Gasteiger partial charge in [0.1, 0.15) is 17.5 Å². The molecule has 5 rings (SSSR count). The quantitative estimate of drug-likeness (QED) is 0.252. The second-order valence-corrected chi connectivity index (χ2v) is 13.1. The van der Waals surface area contributed by atoms with Crippen molar-refractivity contribution in [3.8, 4) is 0 Å². The third-order valence-corrected chi connectivity index (χ3v) is 10.2. The van der Waals surface area contributed by atoms with Crippen molar-refractivity contribution in [2.75, 3.05) is 31.6 Å². The number of methoxy groups -OCH3 is 1. The number of benzene rings is 3. The number of ether oxygens (including phenoxy) is 1. The monoisotopic (exact) mass is 681 g/mol. The van der Waals surface area contributed by atoms with Crippen LogP contribution in [0.15, 0.2) is 96.2 Å². The SMILES string of the molecule is COC(=O)N(C(=O)[C@@H](N)C(c1cccc(F)c1)c1cccc(F)c1)c1cncc(F)c1CC[C@H]1CNCCN1S(=O)(=O)c1ccccc1. The summed E-state index contributed by atoms with van der Waals surface area (Å²) in [5.74, 6) is -4.30. The fourth-order valence-electron chi connectivity index (χ4n) is 5.93. The second-order valence-electron chi connectivity index (χ2n) is 11.2. The Labute approximate surface area is 276 Å². The van der Waals surface area contributed by atoms with Crippen LogP contribution in [0.4, 0.5) is 23.7 Å². The Balaban J connectivity index is 1.49. The van der Waals surface area contributed by atoms with E-state index in [9.17, 15) is 26.8 Å². The Kier molecular flexibility index (Phi) is 10.9. The molecule has 3 N–H and O–H groups in total. The lowest BCUT2D eigenvalue weighted by atomic mass is 9.84. The first kappa shape index (κ1) is 34.7. The van der Waals surface area contributed by atoms with Crippen LogP contribution in [0.5, 0.6) is 0 Å². The van der Waals surface area contributed by atoms with Gasteiger partial charge in [0.2, 0.25) is 10.0 Å². The second kappa shape index (κ2) is 15.1. The topological polar surface area (TPSA) is 135 Å². The van der Waals surface area contributed by atoms with Crippen LogP contribution < -0.4 is 16.0 Å². The van der Waals surface area contributed by atoms with Gasteiger partial charge in [-0.15, -0.1) is 0 Å². The van der Waals surface area contributed by atoms with Crippen molar-refractivity contribution in [2.45, 2.75) is 35.7 Å². The van der Waals surface area contributed by atoms with Crippen molar-refractivity contribution in [1.29, 1.82) is 0 Å². The standard InChI is InChI=1S/C34H34F3N5O5S/c1-47-34(44)42(33(43)32(38)31(22-7-5-9-24(35)17-22)23-8-6-10-25(36)18-23)30-21-40-20-29(37)28(30)14-13-26-19-39-15-16-41(26)48(45,46)27-11-3-2-4-12-27/h2-12,17-18,20-21,26,31-32,39H,13-16,19,38H2,1H3/t26-,32-/m0/s1. The maximum absolute atomic E-state index is 15.6. The first-order valence-electron chi connectivity index (χ1n) is 15.1. The zero-order valence-corrected chi connectivity index (χ0v) is 26.7. The zero-order valence-electron chi connectivity index (χ0n) is 25.9. The van der Waals surface area contributed by atoms with Gasteiger partial charge in [-0.25, -0.2) is 31.3 Å². The molecule has 0 spiro atoms. The van der Waals surface area contributed by atoms with Gasteiger partial charge < -0.3 is 15.8 Å². The van der Waals surface area contributed by atoms with Gasteiger partial charge in [-0.3, -0.25) is 9.78 Å². The maximum atomic E-state index is 15.6. The van der Waals surface area contributed by atoms with Crippen LogP contribution in [0.2, 0.25) is 0 Å². The van der Waals surface area contributed by atoms with Gasteiger partial charge in [0, 0.05) is 37.2 Å². The summed E-state index contributed by atoms with van der Waals surface area (Å²) in [6.07, 6.45) is 0.825. The number of hydrogen-bond acceptors (Lipinski definition) is 8. The minimum Gasteiger partial charge on any atom is -0.452 e. The van der Waals surface area contributed by atoms with Crippen LogP contribution in [0.3, 0.4) is 0 Å². The molecular weight excluding hydrogens is 647 g/mol. The van der Waals surface area contributed by atoms with Gasteiger partial charge in [-0.05, 0) is 60.4 Å². The van der Waals surface area contributed by atoms with E-state index in [1.54, 1.807) is 18.2 Å². The molecule has 10 nitrogen and oxygen atoms in total. The molecule has 1 aliphatic heterocycles. The largest absolute Gasteiger partial charge is 0.452 e. The van der Waals surface area contributed by atoms with Crippen molar-refractivity contribution < 1.29 is 35.9 Å². The predicted octanol–water partition coefficient (Wildman–Crippen LogP) is 4.35. The number of nitrogens with zero attached hydrogens (tertiary/aromatic N) is 3. The van der Waals surface area contributed by atoms with Crippen LogP contribution in [-0.4, -0.2) is 68.5 Å². The summed E-state index contributed by atoms with van der Waals surface area (Å²) in [5, 5.41) is 3.17. The molecule has 2 heterocycles. The summed E-state index contributed by atoms with van der Waals surface area (Å²) in [7, 11) is -2.86. The first-order valence-corrected chi connectivity index (χ1v) is 16.5. The lowest BCUT2D eigenvalue weighted by Gasteiger charge is -2.35. The number of nitrogens with two attached hydrogens (primary N) is 1. The van der Waals surface area contributed by atoms with Crippen molar-refractivity contribution in [3.63, 3.8) is 0 Å². The first-order chi connectivity index (χ1) is 23.0. The molecule has 0 radical (unpaired) electrons. The van der Waals surface area contributed by atoms with Gasteiger partial charge in [0.05, 0.1) is 36.1 Å². The number of imide groups is 1. The molecular formula is C34H34F3N5O5S. The van der Waals surface area contributed by atoms with Gasteiger partial charge in [-0.2, -0.15) is 4.31 Å². The normalized spacial score (nSPS) is 16.0. The van der Waals surface area contributed by atoms with Crippen LogP contribution in [0.1, 0.15) is 29.0 Å². The smallest absolute Gasteiger partial charge is 0.421 e. The van der Waals surface area contributed by atoms with Gasteiger partial charge in [0.15, 0.2) is 0 Å². The van der Waals surface area contributed by atoms with E-state index in [2.05, 4.69) is 10.3 Å². The number of piperazine rings is 1. The lowest BCUT2D eigenvalue weighted by molar-refractivity contribution is -0.119. The highest BCUT2D eigenvalue weighted by Gasteiger charge is 2.38. The Morgan fingerprint density at radius 3 is 2.25 bits per heavy atom. The molecule has 14 heteroatoms. The molecule has 1 aromatic heterocycles. The zero-order chi connectivity index (χ0) is 34.4. The van der Waals surface area contributed by atoms with Crippen LogP contribution >= 0.6 is 0 Å². The van der Waals surface area contributed by atoms with Crippen molar-refractivity contribution in [2.24, 2.45) is 5.73 Å². The molecule has 1 fully saturated rings. The van der Waals surface area contributed by atoms with Gasteiger partial charge in [-0.1, -0.05) is 42.5 Å². The van der Waals surface area contributed by atoms with E-state index in [0.717, 1.165) is 31.6 Å². The van der Waals surface area contributed by atoms with E-state index in [-0.39, 0.29) is 53.2 Å². The Bertz CT molecular complexity index is 1840. The Morgan fingerprint density at radius 2 is 1.65 bits per heavy atom. The van der Waals surface area contributed by atoms with Crippen molar-refractivity contribution in [1.82, 2.24) is 14.6 Å². The number of rotatable bonds is 10. The maximum Gasteiger partial charge on any atom is 0.421 e. The number of amides is 2. The number of sulfonamides is 1. The van der Waals surface area contributed by atoms with Crippen LogP contribution in [0.25, 0.3) is 0 Å². The summed E-state index contributed by atoms with van der Waals surface area (Å²) in [6.45, 7) is 0.871. The third-order valence-electron chi connectivity index (χ3n) is 8.23. The average Bonchev–Trinajstić information content (AvgIpc) is 3.08. The highest BCUT2D eigenvalue weighted by Crippen LogP contribution is 2.33. The highest BCUT2D eigenvalue weighted by molar-refractivity contribution is 7.89. The summed E-state index contributed by atoms with van der Waals surface area (Å²) in [6, 6.07) is 16.3. The molecule has 2 amide bonds. The molecule has 48 heavy (non-hydrogen) atoms. The van der Waals surface area contributed by atoms with E-state index in [4.69, 9.17) is 10.5 Å². The number of aromatic nitrogens is 1. The molecule has 2 atom stereocenters. The summed E-state index contributed by atoms with van der Waals surface area (Å²) in [5.41, 5.74) is 6.61. The molecule has 1 saturated heterocycles. The minimum atomic E-state index is -3.88. The van der Waals surface area contributed by atoms with E-state index in [1.807, 2.05) is 0 Å². The molecule has 0 bridgehead atoms. The number of pyridine rings is 1. The number of hydrogen-bond donors (Lipinski definition) is 2. The number of carbonyl (C=O) groups excluding carboxylic acids is 2. The highest BCUT2D eigenvalue weighted by atomic mass is 32.2. The molecule has 0 saturated carbocycles. The summed E-state index contributed by atoms with van der Waals surface area (Å²) >= 11 is 0. The summed E-state index contributed by atoms with van der Waals surface area (Å²) < 4.78 is 77.6. The number of carbonyl (C=O) groups is 2.